The number of benzene rings is 3. The van der Waals surface area contributed by atoms with Crippen LogP contribution in [0.3, 0.4) is 0 Å². The lowest BCUT2D eigenvalue weighted by Gasteiger charge is -2.37. The third kappa shape index (κ3) is 5.28. The third-order valence-corrected chi connectivity index (χ3v) is 6.91. The summed E-state index contributed by atoms with van der Waals surface area (Å²) in [7, 11) is 0. The van der Waals surface area contributed by atoms with Crippen LogP contribution in [0.1, 0.15) is 22.3 Å². The summed E-state index contributed by atoms with van der Waals surface area (Å²) in [6, 6.07) is 25.3. The number of hydrogen-bond acceptors (Lipinski definition) is 3. The number of piperazine rings is 1. The van der Waals surface area contributed by atoms with Crippen LogP contribution in [0.15, 0.2) is 78.9 Å². The molecular weight excluding hydrogens is 460 g/mol. The lowest BCUT2D eigenvalue weighted by molar-refractivity contribution is 0.0746. The highest BCUT2D eigenvalue weighted by atomic mass is 35.5. The topological polar surface area (TPSA) is 47.1 Å². The second-order valence-corrected chi connectivity index (χ2v) is 9.44. The highest BCUT2D eigenvalue weighted by Gasteiger charge is 2.28. The highest BCUT2D eigenvalue weighted by molar-refractivity contribution is 6.30. The molecule has 0 saturated carbocycles. The van der Waals surface area contributed by atoms with Gasteiger partial charge in [0, 0.05) is 67.8 Å². The molecular formula is C28H29ClN4O2. The Balaban J connectivity index is 1.25. The van der Waals surface area contributed by atoms with E-state index in [0.717, 1.165) is 43.0 Å². The van der Waals surface area contributed by atoms with Crippen molar-refractivity contribution < 1.29 is 9.59 Å². The number of carbonyl (C=O) groups excluding carboxylic acids is 2. The Bertz CT molecular complexity index is 1190. The summed E-state index contributed by atoms with van der Waals surface area (Å²) in [6.07, 6.45) is 0.891. The summed E-state index contributed by atoms with van der Waals surface area (Å²) in [5.74, 6) is 0.00296. The molecule has 3 aromatic carbocycles. The number of urea groups is 1. The number of carbonyl (C=O) groups is 2. The van der Waals surface area contributed by atoms with E-state index in [1.165, 1.54) is 0 Å². The molecule has 0 N–H and O–H groups in total. The summed E-state index contributed by atoms with van der Waals surface area (Å²) in [4.78, 5) is 34.3. The Morgan fingerprint density at radius 3 is 2.29 bits per heavy atom. The molecule has 2 fully saturated rings. The van der Waals surface area contributed by atoms with Crippen molar-refractivity contribution >= 4 is 34.9 Å². The molecule has 2 heterocycles. The van der Waals surface area contributed by atoms with E-state index < -0.39 is 0 Å². The van der Waals surface area contributed by atoms with E-state index in [9.17, 15) is 9.59 Å². The molecule has 0 spiro atoms. The minimum Gasteiger partial charge on any atom is -0.368 e. The predicted octanol–water partition coefficient (Wildman–Crippen LogP) is 5.13. The Morgan fingerprint density at radius 2 is 1.51 bits per heavy atom. The summed E-state index contributed by atoms with van der Waals surface area (Å²) in [5.41, 5.74) is 3.58. The van der Waals surface area contributed by atoms with Crippen molar-refractivity contribution in [2.45, 2.75) is 13.0 Å². The molecule has 2 saturated heterocycles. The van der Waals surface area contributed by atoms with Gasteiger partial charge in [0.1, 0.15) is 0 Å². The van der Waals surface area contributed by atoms with E-state index in [0.29, 0.717) is 36.8 Å². The van der Waals surface area contributed by atoms with Gasteiger partial charge in [0.25, 0.3) is 5.91 Å². The lowest BCUT2D eigenvalue weighted by atomic mass is 10.1. The number of hydrogen-bond donors (Lipinski definition) is 0. The normalized spacial score (nSPS) is 16.5. The van der Waals surface area contributed by atoms with Crippen LogP contribution in [0.2, 0.25) is 5.02 Å². The van der Waals surface area contributed by atoms with E-state index >= 15 is 0 Å². The van der Waals surface area contributed by atoms with Crippen LogP contribution in [-0.4, -0.2) is 61.0 Å². The molecule has 3 amide bonds. The summed E-state index contributed by atoms with van der Waals surface area (Å²) in [6.45, 7) is 4.77. The van der Waals surface area contributed by atoms with Gasteiger partial charge >= 0.3 is 6.03 Å². The van der Waals surface area contributed by atoms with E-state index in [1.54, 1.807) is 4.90 Å². The Hall–Kier alpha value is -3.51. The molecule has 35 heavy (non-hydrogen) atoms. The van der Waals surface area contributed by atoms with E-state index in [4.69, 9.17) is 11.6 Å². The molecule has 0 aromatic heterocycles. The predicted molar refractivity (Wildman–Crippen MR) is 140 cm³/mol. The molecule has 180 valence electrons. The van der Waals surface area contributed by atoms with Crippen LogP contribution in [0.25, 0.3) is 0 Å². The SMILES string of the molecule is O=C(c1cccc(N2CCCN(Cc3ccccc3)C2=O)c1)N1CCN(c2cccc(Cl)c2)CC1. The zero-order valence-corrected chi connectivity index (χ0v) is 20.4. The highest BCUT2D eigenvalue weighted by Crippen LogP contribution is 2.25. The summed E-state index contributed by atoms with van der Waals surface area (Å²) < 4.78 is 0. The average molecular weight is 489 g/mol. The van der Waals surface area contributed by atoms with Crippen LogP contribution in [-0.2, 0) is 6.54 Å². The molecule has 0 bridgehead atoms. The zero-order valence-electron chi connectivity index (χ0n) is 19.6. The van der Waals surface area contributed by atoms with Gasteiger partial charge in [-0.2, -0.15) is 0 Å². The number of nitrogens with zero attached hydrogens (tertiary/aromatic N) is 4. The van der Waals surface area contributed by atoms with Gasteiger partial charge in [-0.1, -0.05) is 54.1 Å². The largest absolute Gasteiger partial charge is 0.368 e. The monoisotopic (exact) mass is 488 g/mol. The maximum absolute atomic E-state index is 13.3. The molecule has 2 aliphatic rings. The minimum absolute atomic E-state index is 0.00296. The van der Waals surface area contributed by atoms with Crippen molar-refractivity contribution in [2.24, 2.45) is 0 Å². The third-order valence-electron chi connectivity index (χ3n) is 6.67. The zero-order chi connectivity index (χ0) is 24.2. The van der Waals surface area contributed by atoms with E-state index in [2.05, 4.69) is 4.90 Å². The lowest BCUT2D eigenvalue weighted by Crippen LogP contribution is -2.49. The maximum Gasteiger partial charge on any atom is 0.324 e. The fourth-order valence-corrected chi connectivity index (χ4v) is 4.99. The molecule has 7 heteroatoms. The Morgan fingerprint density at radius 1 is 0.771 bits per heavy atom. The van der Waals surface area contributed by atoms with Gasteiger partial charge in [-0.25, -0.2) is 4.79 Å². The van der Waals surface area contributed by atoms with E-state index in [-0.39, 0.29) is 11.9 Å². The molecule has 3 aromatic rings. The number of anilines is 2. The molecule has 2 aliphatic heterocycles. The Kier molecular flexibility index (Phi) is 6.91. The first-order valence-electron chi connectivity index (χ1n) is 12.1. The van der Waals surface area contributed by atoms with Crippen LogP contribution in [0.5, 0.6) is 0 Å². The Labute approximate surface area is 211 Å². The van der Waals surface area contributed by atoms with Crippen LogP contribution in [0, 0.1) is 0 Å². The average Bonchev–Trinajstić information content (AvgIpc) is 2.90. The first-order chi connectivity index (χ1) is 17.1. The number of rotatable bonds is 5. The van der Waals surface area contributed by atoms with Crippen LogP contribution >= 0.6 is 11.6 Å². The smallest absolute Gasteiger partial charge is 0.324 e. The van der Waals surface area contributed by atoms with Crippen molar-refractivity contribution in [1.29, 1.82) is 0 Å². The molecule has 5 rings (SSSR count). The standard InChI is InChI=1S/C28H29ClN4O2/c29-24-10-5-11-25(20-24)30-15-17-31(18-16-30)27(34)23-9-4-12-26(19-23)33-14-6-13-32(28(33)35)21-22-7-2-1-3-8-22/h1-5,7-12,19-20H,6,13-18,21H2. The van der Waals surface area contributed by atoms with Crippen molar-refractivity contribution in [3.05, 3.63) is 95.0 Å². The quantitative estimate of drug-likeness (QED) is 0.500. The molecule has 6 nitrogen and oxygen atoms in total. The molecule has 0 atom stereocenters. The van der Waals surface area contributed by atoms with Gasteiger partial charge in [-0.15, -0.1) is 0 Å². The maximum atomic E-state index is 13.3. The van der Waals surface area contributed by atoms with E-state index in [1.807, 2.05) is 88.7 Å². The molecule has 0 unspecified atom stereocenters. The first kappa shape index (κ1) is 23.2. The van der Waals surface area contributed by atoms with Crippen LogP contribution < -0.4 is 9.80 Å². The summed E-state index contributed by atoms with van der Waals surface area (Å²) >= 11 is 6.14. The van der Waals surface area contributed by atoms with Gasteiger partial charge in [0.2, 0.25) is 0 Å². The van der Waals surface area contributed by atoms with Gasteiger partial charge < -0.3 is 14.7 Å². The number of amides is 3. The van der Waals surface area contributed by atoms with Crippen molar-refractivity contribution in [3.8, 4) is 0 Å². The van der Waals surface area contributed by atoms with Gasteiger partial charge in [-0.3, -0.25) is 9.69 Å². The fourth-order valence-electron chi connectivity index (χ4n) is 4.80. The van der Waals surface area contributed by atoms with Crippen LogP contribution in [0.4, 0.5) is 16.2 Å². The summed E-state index contributed by atoms with van der Waals surface area (Å²) in [5, 5.41) is 0.715. The second-order valence-electron chi connectivity index (χ2n) is 9.00. The van der Waals surface area contributed by atoms with Gasteiger partial charge in [-0.05, 0) is 48.4 Å². The van der Waals surface area contributed by atoms with Gasteiger partial charge in [0.05, 0.1) is 0 Å². The van der Waals surface area contributed by atoms with Gasteiger partial charge in [0.15, 0.2) is 0 Å². The molecule has 0 radical (unpaired) electrons. The molecule has 0 aliphatic carbocycles. The van der Waals surface area contributed by atoms with Crippen molar-refractivity contribution in [3.63, 3.8) is 0 Å². The number of halogens is 1. The first-order valence-corrected chi connectivity index (χ1v) is 12.5. The van der Waals surface area contributed by atoms with Crippen molar-refractivity contribution in [1.82, 2.24) is 9.80 Å². The second kappa shape index (κ2) is 10.4. The van der Waals surface area contributed by atoms with Crippen molar-refractivity contribution in [2.75, 3.05) is 49.1 Å². The minimum atomic E-state index is -0.0140. The fraction of sp³-hybridized carbons (Fsp3) is 0.286.